The Morgan fingerprint density at radius 2 is 2.05 bits per heavy atom. The summed E-state index contributed by atoms with van der Waals surface area (Å²) in [6.45, 7) is 5.47. The van der Waals surface area contributed by atoms with E-state index in [2.05, 4.69) is 10.3 Å². The quantitative estimate of drug-likeness (QED) is 0.425. The average molecular weight is 296 g/mol. The van der Waals surface area contributed by atoms with Crippen molar-refractivity contribution in [3.63, 3.8) is 0 Å². The molecule has 0 aromatic rings. The van der Waals surface area contributed by atoms with Crippen LogP contribution in [0, 0.1) is 11.8 Å². The first-order chi connectivity index (χ1) is 9.72. The lowest BCUT2D eigenvalue weighted by molar-refractivity contribution is -0.133. The summed E-state index contributed by atoms with van der Waals surface area (Å²) in [5.74, 6) is -0.980. The van der Waals surface area contributed by atoms with Gasteiger partial charge in [0, 0.05) is 30.9 Å². The fourth-order valence-electron chi connectivity index (χ4n) is 2.79. The molecule has 7 heteroatoms. The van der Waals surface area contributed by atoms with Gasteiger partial charge in [-0.15, -0.1) is 0 Å². The average Bonchev–Trinajstić information content (AvgIpc) is 2.34. The van der Waals surface area contributed by atoms with E-state index in [0.29, 0.717) is 12.0 Å². The van der Waals surface area contributed by atoms with E-state index in [1.165, 1.54) is 6.92 Å². The number of rotatable bonds is 5. The number of hydrogen-bond donors (Lipinski definition) is 4. The summed E-state index contributed by atoms with van der Waals surface area (Å²) in [6.07, 6.45) is 2.48. The van der Waals surface area contributed by atoms with Gasteiger partial charge in [-0.2, -0.15) is 0 Å². The normalized spacial score (nSPS) is 23.1. The van der Waals surface area contributed by atoms with Crippen LogP contribution < -0.4 is 16.8 Å². The number of aliphatic carboxylic acids is 1. The van der Waals surface area contributed by atoms with Gasteiger partial charge >= 0.3 is 5.97 Å². The first-order valence-corrected chi connectivity index (χ1v) is 7.00. The van der Waals surface area contributed by atoms with Crippen LogP contribution in [0.3, 0.4) is 0 Å². The minimum atomic E-state index is -0.954. The summed E-state index contributed by atoms with van der Waals surface area (Å²) >= 11 is 0. The third-order valence-electron chi connectivity index (χ3n) is 3.70. The summed E-state index contributed by atoms with van der Waals surface area (Å²) in [5.41, 5.74) is 11.2. The highest BCUT2D eigenvalue weighted by Gasteiger charge is 2.35. The molecule has 0 spiro atoms. The summed E-state index contributed by atoms with van der Waals surface area (Å²) in [6, 6.07) is -0.451. The minimum absolute atomic E-state index is 0.0286. The van der Waals surface area contributed by atoms with Crippen molar-refractivity contribution in [3.8, 4) is 0 Å². The molecule has 21 heavy (non-hydrogen) atoms. The molecule has 0 fully saturated rings. The predicted molar refractivity (Wildman–Crippen MR) is 80.5 cm³/mol. The van der Waals surface area contributed by atoms with Crippen molar-refractivity contribution in [1.82, 2.24) is 5.32 Å². The smallest absolute Gasteiger partial charge is 0.331 e. The molecule has 1 amide bonds. The highest BCUT2D eigenvalue weighted by Crippen LogP contribution is 2.32. The Morgan fingerprint density at radius 3 is 2.48 bits per heavy atom. The number of amides is 1. The first-order valence-electron chi connectivity index (χ1n) is 7.00. The molecule has 0 unspecified atom stereocenters. The van der Waals surface area contributed by atoms with E-state index in [9.17, 15) is 9.59 Å². The lowest BCUT2D eigenvalue weighted by Gasteiger charge is -2.36. The van der Waals surface area contributed by atoms with Crippen LogP contribution in [0.25, 0.3) is 0 Å². The Hall–Kier alpha value is -2.05. The molecule has 0 saturated heterocycles. The summed E-state index contributed by atoms with van der Waals surface area (Å²) in [5, 5.41) is 12.1. The van der Waals surface area contributed by atoms with Crippen molar-refractivity contribution < 1.29 is 14.7 Å². The predicted octanol–water partition coefficient (Wildman–Crippen LogP) is 0.210. The van der Waals surface area contributed by atoms with E-state index < -0.39 is 5.97 Å². The van der Waals surface area contributed by atoms with E-state index in [0.717, 1.165) is 0 Å². The highest BCUT2D eigenvalue weighted by molar-refractivity contribution is 5.87. The molecule has 0 radical (unpaired) electrons. The summed E-state index contributed by atoms with van der Waals surface area (Å²) in [4.78, 5) is 26.7. The third-order valence-corrected chi connectivity index (χ3v) is 3.70. The zero-order valence-corrected chi connectivity index (χ0v) is 12.7. The fourth-order valence-corrected chi connectivity index (χ4v) is 2.79. The summed E-state index contributed by atoms with van der Waals surface area (Å²) < 4.78 is 0. The molecule has 0 aromatic heterocycles. The lowest BCUT2D eigenvalue weighted by Crippen LogP contribution is -2.48. The van der Waals surface area contributed by atoms with Gasteiger partial charge in [-0.05, 0) is 12.3 Å². The van der Waals surface area contributed by atoms with Crippen LogP contribution in [0.1, 0.15) is 33.6 Å². The molecule has 7 nitrogen and oxygen atoms in total. The van der Waals surface area contributed by atoms with Crippen molar-refractivity contribution in [1.29, 1.82) is 0 Å². The largest absolute Gasteiger partial charge is 0.478 e. The van der Waals surface area contributed by atoms with Gasteiger partial charge in [0.25, 0.3) is 0 Å². The number of carboxylic acid groups (broad SMARTS) is 1. The van der Waals surface area contributed by atoms with Crippen LogP contribution in [0.15, 0.2) is 16.6 Å². The number of aliphatic imine (C=N–C) groups is 1. The molecule has 0 heterocycles. The Morgan fingerprint density at radius 1 is 1.43 bits per heavy atom. The minimum Gasteiger partial charge on any atom is -0.478 e. The number of allylic oxidation sites excluding steroid dienone is 1. The standard InChI is InChI=1S/C14H24N4O3/c1-7(2)12(17-8(3)19)10-5-4-9(13(20)21)6-11(10)18-14(15)16/h4,7,10-12H,5-6H2,1-3H3,(H,17,19)(H,20,21)(H4,15,16,18)/t10-,11-,12-/m0/s1. The lowest BCUT2D eigenvalue weighted by atomic mass is 9.77. The van der Waals surface area contributed by atoms with Crippen molar-refractivity contribution in [3.05, 3.63) is 11.6 Å². The van der Waals surface area contributed by atoms with Crippen LogP contribution in [0.2, 0.25) is 0 Å². The molecule has 1 aliphatic carbocycles. The number of nitrogens with zero attached hydrogens (tertiary/aromatic N) is 1. The molecule has 0 saturated carbocycles. The van der Waals surface area contributed by atoms with Gasteiger partial charge < -0.3 is 21.9 Å². The molecular formula is C14H24N4O3. The zero-order valence-electron chi connectivity index (χ0n) is 12.7. The Kier molecular flexibility index (Phi) is 5.75. The van der Waals surface area contributed by atoms with Gasteiger partial charge in [0.05, 0.1) is 6.04 Å². The van der Waals surface area contributed by atoms with Gasteiger partial charge in [-0.1, -0.05) is 19.9 Å². The van der Waals surface area contributed by atoms with Gasteiger partial charge in [0.2, 0.25) is 5.91 Å². The maximum atomic E-state index is 11.4. The van der Waals surface area contributed by atoms with Crippen molar-refractivity contribution in [2.45, 2.75) is 45.7 Å². The highest BCUT2D eigenvalue weighted by atomic mass is 16.4. The second-order valence-corrected chi connectivity index (χ2v) is 5.73. The SMILES string of the molecule is CC(=O)N[C@@H](C(C)C)[C@H]1CC=C(C(=O)O)C[C@@H]1N=C(N)N. The monoisotopic (exact) mass is 296 g/mol. The van der Waals surface area contributed by atoms with E-state index >= 15 is 0 Å². The van der Waals surface area contributed by atoms with Crippen LogP contribution in [-0.2, 0) is 9.59 Å². The fraction of sp³-hybridized carbons (Fsp3) is 0.643. The zero-order chi connectivity index (χ0) is 16.2. The van der Waals surface area contributed by atoms with Gasteiger partial charge in [0.1, 0.15) is 0 Å². The molecule has 118 valence electrons. The second-order valence-electron chi connectivity index (χ2n) is 5.73. The first kappa shape index (κ1) is 17.0. The van der Waals surface area contributed by atoms with Crippen LogP contribution in [0.5, 0.6) is 0 Å². The Bertz CT molecular complexity index is 467. The van der Waals surface area contributed by atoms with Crippen LogP contribution >= 0.6 is 0 Å². The Balaban J connectivity index is 3.07. The second kappa shape index (κ2) is 7.10. The molecule has 1 aliphatic rings. The van der Waals surface area contributed by atoms with Crippen LogP contribution in [0.4, 0.5) is 0 Å². The van der Waals surface area contributed by atoms with Crippen molar-refractivity contribution in [2.75, 3.05) is 0 Å². The number of guanidine groups is 1. The van der Waals surface area contributed by atoms with E-state index in [4.69, 9.17) is 16.6 Å². The number of nitrogens with two attached hydrogens (primary N) is 2. The maximum Gasteiger partial charge on any atom is 0.331 e. The van der Waals surface area contributed by atoms with Crippen LogP contribution in [-0.4, -0.2) is 35.0 Å². The molecule has 0 aliphatic heterocycles. The number of carbonyl (C=O) groups excluding carboxylic acids is 1. The number of hydrogen-bond acceptors (Lipinski definition) is 3. The number of nitrogens with one attached hydrogen (secondary N) is 1. The molecular weight excluding hydrogens is 272 g/mol. The third kappa shape index (κ3) is 4.77. The molecule has 3 atom stereocenters. The van der Waals surface area contributed by atoms with Crippen molar-refractivity contribution >= 4 is 17.8 Å². The Labute approximate surface area is 124 Å². The summed E-state index contributed by atoms with van der Waals surface area (Å²) in [7, 11) is 0. The molecule has 6 N–H and O–H groups in total. The van der Waals surface area contributed by atoms with E-state index in [-0.39, 0.29) is 42.2 Å². The van der Waals surface area contributed by atoms with Crippen molar-refractivity contribution in [2.24, 2.45) is 28.3 Å². The van der Waals surface area contributed by atoms with E-state index in [1.54, 1.807) is 6.08 Å². The number of carboxylic acids is 1. The van der Waals surface area contributed by atoms with Gasteiger partial charge in [-0.3, -0.25) is 4.79 Å². The maximum absolute atomic E-state index is 11.4. The molecule has 0 aromatic carbocycles. The van der Waals surface area contributed by atoms with E-state index in [1.807, 2.05) is 13.8 Å². The topological polar surface area (TPSA) is 131 Å². The molecule has 0 bridgehead atoms. The molecule has 1 rings (SSSR count). The van der Waals surface area contributed by atoms with Gasteiger partial charge in [-0.25, -0.2) is 9.79 Å². The van der Waals surface area contributed by atoms with Gasteiger partial charge in [0.15, 0.2) is 5.96 Å². The number of carbonyl (C=O) groups is 2.